The van der Waals surface area contributed by atoms with Crippen molar-refractivity contribution in [2.75, 3.05) is 0 Å². The Kier molecular flexibility index (Phi) is 5.05. The van der Waals surface area contributed by atoms with E-state index >= 15 is 0 Å². The van der Waals surface area contributed by atoms with Gasteiger partial charge in [-0.1, -0.05) is 39.2 Å². The highest BCUT2D eigenvalue weighted by Gasteiger charge is 1.99. The molecular formula is C10H16S. The summed E-state index contributed by atoms with van der Waals surface area (Å²) in [5.41, 5.74) is 1.21. The molecule has 0 N–H and O–H groups in total. The van der Waals surface area contributed by atoms with Gasteiger partial charge >= 0.3 is 0 Å². The van der Waals surface area contributed by atoms with E-state index in [-0.39, 0.29) is 0 Å². The Morgan fingerprint density at radius 3 is 2.09 bits per heavy atom. The van der Waals surface area contributed by atoms with Crippen molar-refractivity contribution in [3.05, 3.63) is 35.8 Å². The highest BCUT2D eigenvalue weighted by Crippen LogP contribution is 2.25. The Balaban J connectivity index is 4.38. The van der Waals surface area contributed by atoms with Crippen LogP contribution in [0.3, 0.4) is 0 Å². The van der Waals surface area contributed by atoms with Gasteiger partial charge in [-0.3, -0.25) is 0 Å². The van der Waals surface area contributed by atoms with Crippen LogP contribution in [0.25, 0.3) is 0 Å². The molecule has 0 unspecified atom stereocenters. The first-order valence-electron chi connectivity index (χ1n) is 3.74. The zero-order valence-corrected chi connectivity index (χ0v) is 8.37. The summed E-state index contributed by atoms with van der Waals surface area (Å²) in [4.78, 5) is 1.23. The molecule has 0 amide bonds. The fraction of sp³-hybridized carbons (Fsp3) is 0.400. The number of hydrogen-bond donors (Lipinski definition) is 0. The second kappa shape index (κ2) is 5.25. The van der Waals surface area contributed by atoms with Crippen LogP contribution in [0.4, 0.5) is 0 Å². The first-order chi connectivity index (χ1) is 5.11. The summed E-state index contributed by atoms with van der Waals surface area (Å²) in [7, 11) is 0. The van der Waals surface area contributed by atoms with Gasteiger partial charge in [0.1, 0.15) is 0 Å². The molecular weight excluding hydrogens is 152 g/mol. The van der Waals surface area contributed by atoms with Crippen molar-refractivity contribution in [1.82, 2.24) is 0 Å². The first-order valence-corrected chi connectivity index (χ1v) is 4.62. The van der Waals surface area contributed by atoms with Crippen molar-refractivity contribution in [3.63, 3.8) is 0 Å². The molecule has 0 aliphatic carbocycles. The molecule has 0 heterocycles. The van der Waals surface area contributed by atoms with Crippen LogP contribution >= 0.6 is 11.8 Å². The van der Waals surface area contributed by atoms with Gasteiger partial charge in [0.25, 0.3) is 0 Å². The smallest absolute Gasteiger partial charge is 0.00977 e. The first kappa shape index (κ1) is 10.6. The molecule has 0 aromatic carbocycles. The standard InChI is InChI=1S/C10H16S/c1-6-9(5)10(7-2)11-8(3)4/h6-8H,1-2H2,3-5H3/b10-9+. The molecule has 0 nitrogen and oxygen atoms in total. The maximum Gasteiger partial charge on any atom is 0.00977 e. The fourth-order valence-electron chi connectivity index (χ4n) is 0.657. The average Bonchev–Trinajstić information content (AvgIpc) is 1.98. The Morgan fingerprint density at radius 2 is 1.82 bits per heavy atom. The molecule has 0 aliphatic heterocycles. The van der Waals surface area contributed by atoms with Crippen LogP contribution in [-0.2, 0) is 0 Å². The van der Waals surface area contributed by atoms with Crippen molar-refractivity contribution < 1.29 is 0 Å². The fourth-order valence-corrected chi connectivity index (χ4v) is 1.53. The van der Waals surface area contributed by atoms with E-state index in [0.717, 1.165) is 0 Å². The molecule has 0 aromatic rings. The van der Waals surface area contributed by atoms with Crippen molar-refractivity contribution in [1.29, 1.82) is 0 Å². The Hall–Kier alpha value is -0.430. The van der Waals surface area contributed by atoms with Gasteiger partial charge in [0.2, 0.25) is 0 Å². The van der Waals surface area contributed by atoms with E-state index < -0.39 is 0 Å². The second-order valence-corrected chi connectivity index (χ2v) is 4.24. The van der Waals surface area contributed by atoms with E-state index in [2.05, 4.69) is 33.9 Å². The van der Waals surface area contributed by atoms with Crippen LogP contribution in [-0.4, -0.2) is 5.25 Å². The third kappa shape index (κ3) is 4.10. The van der Waals surface area contributed by atoms with Crippen molar-refractivity contribution in [2.24, 2.45) is 0 Å². The predicted octanol–water partition coefficient (Wildman–Crippen LogP) is 3.77. The van der Waals surface area contributed by atoms with Crippen LogP contribution in [0.2, 0.25) is 0 Å². The van der Waals surface area contributed by atoms with Gasteiger partial charge in [0, 0.05) is 10.2 Å². The normalized spacial score (nSPS) is 12.7. The van der Waals surface area contributed by atoms with E-state index in [9.17, 15) is 0 Å². The predicted molar refractivity (Wildman–Crippen MR) is 55.8 cm³/mol. The van der Waals surface area contributed by atoms with E-state index in [1.807, 2.05) is 23.9 Å². The Morgan fingerprint density at radius 1 is 1.27 bits per heavy atom. The SMILES string of the molecule is C=C/C(C)=C(\C=C)SC(C)C. The summed E-state index contributed by atoms with van der Waals surface area (Å²) in [6.07, 6.45) is 3.76. The Labute approximate surface area is 74.1 Å². The van der Waals surface area contributed by atoms with Crippen LogP contribution in [0.1, 0.15) is 20.8 Å². The molecule has 0 aromatic heterocycles. The number of thioether (sulfide) groups is 1. The van der Waals surface area contributed by atoms with Crippen LogP contribution in [0, 0.1) is 0 Å². The molecule has 0 fully saturated rings. The van der Waals surface area contributed by atoms with Gasteiger partial charge < -0.3 is 0 Å². The summed E-state index contributed by atoms with van der Waals surface area (Å²) in [6, 6.07) is 0. The minimum Gasteiger partial charge on any atom is -0.123 e. The minimum absolute atomic E-state index is 0.609. The molecule has 0 bridgehead atoms. The molecule has 0 atom stereocenters. The highest BCUT2D eigenvalue weighted by atomic mass is 32.2. The van der Waals surface area contributed by atoms with E-state index in [0.29, 0.717) is 5.25 Å². The molecule has 62 valence electrons. The number of rotatable bonds is 4. The van der Waals surface area contributed by atoms with Crippen molar-refractivity contribution >= 4 is 11.8 Å². The van der Waals surface area contributed by atoms with E-state index in [4.69, 9.17) is 0 Å². The van der Waals surface area contributed by atoms with Crippen molar-refractivity contribution in [2.45, 2.75) is 26.0 Å². The molecule has 0 aliphatic rings. The Bertz CT molecular complexity index is 175. The molecule has 1 heteroatoms. The van der Waals surface area contributed by atoms with E-state index in [1.165, 1.54) is 10.5 Å². The molecule has 0 saturated carbocycles. The summed E-state index contributed by atoms with van der Waals surface area (Å²) in [6.45, 7) is 13.9. The topological polar surface area (TPSA) is 0 Å². The van der Waals surface area contributed by atoms with Gasteiger partial charge in [-0.2, -0.15) is 0 Å². The molecule has 0 saturated heterocycles. The summed E-state index contributed by atoms with van der Waals surface area (Å²) < 4.78 is 0. The number of hydrogen-bond acceptors (Lipinski definition) is 1. The van der Waals surface area contributed by atoms with Gasteiger partial charge in [-0.25, -0.2) is 0 Å². The average molecular weight is 168 g/mol. The second-order valence-electron chi connectivity index (χ2n) is 2.62. The third-order valence-electron chi connectivity index (χ3n) is 1.24. The van der Waals surface area contributed by atoms with Crippen LogP contribution in [0.5, 0.6) is 0 Å². The van der Waals surface area contributed by atoms with Crippen molar-refractivity contribution in [3.8, 4) is 0 Å². The highest BCUT2D eigenvalue weighted by molar-refractivity contribution is 8.03. The zero-order valence-electron chi connectivity index (χ0n) is 7.55. The zero-order chi connectivity index (χ0) is 8.85. The van der Waals surface area contributed by atoms with Gasteiger partial charge in [-0.15, -0.1) is 11.8 Å². The number of allylic oxidation sites excluding steroid dienone is 3. The molecule has 0 rings (SSSR count). The third-order valence-corrected chi connectivity index (χ3v) is 2.46. The maximum absolute atomic E-state index is 3.76. The molecule has 0 radical (unpaired) electrons. The quantitative estimate of drug-likeness (QED) is 0.576. The molecule has 11 heavy (non-hydrogen) atoms. The van der Waals surface area contributed by atoms with Crippen LogP contribution in [0.15, 0.2) is 35.8 Å². The van der Waals surface area contributed by atoms with Gasteiger partial charge in [-0.05, 0) is 12.5 Å². The maximum atomic E-state index is 3.76. The summed E-state index contributed by atoms with van der Waals surface area (Å²) in [5.74, 6) is 0. The molecule has 0 spiro atoms. The summed E-state index contributed by atoms with van der Waals surface area (Å²) in [5, 5.41) is 0.609. The van der Waals surface area contributed by atoms with Crippen LogP contribution < -0.4 is 0 Å². The lowest BCUT2D eigenvalue weighted by molar-refractivity contribution is 1.12. The monoisotopic (exact) mass is 168 g/mol. The van der Waals surface area contributed by atoms with E-state index in [1.54, 1.807) is 0 Å². The minimum atomic E-state index is 0.609. The largest absolute Gasteiger partial charge is 0.123 e. The lowest BCUT2D eigenvalue weighted by Gasteiger charge is -2.06. The lowest BCUT2D eigenvalue weighted by atomic mass is 10.3. The lowest BCUT2D eigenvalue weighted by Crippen LogP contribution is -1.87. The van der Waals surface area contributed by atoms with Gasteiger partial charge in [0.15, 0.2) is 0 Å². The summed E-state index contributed by atoms with van der Waals surface area (Å²) >= 11 is 1.82. The van der Waals surface area contributed by atoms with Gasteiger partial charge in [0.05, 0.1) is 0 Å².